The molecule has 4 aliphatic rings. The lowest BCUT2D eigenvalue weighted by atomic mass is 9.92. The molecule has 7 heteroatoms. The summed E-state index contributed by atoms with van der Waals surface area (Å²) in [6.45, 7) is 10.0. The van der Waals surface area contributed by atoms with E-state index < -0.39 is 0 Å². The van der Waals surface area contributed by atoms with E-state index in [9.17, 15) is 14.4 Å². The molecule has 0 bridgehead atoms. The first-order chi connectivity index (χ1) is 14.4. The molecule has 0 N–H and O–H groups in total. The van der Waals surface area contributed by atoms with Gasteiger partial charge in [-0.3, -0.25) is 19.3 Å². The van der Waals surface area contributed by atoms with Gasteiger partial charge >= 0.3 is 0 Å². The van der Waals surface area contributed by atoms with Crippen LogP contribution >= 0.6 is 0 Å². The van der Waals surface area contributed by atoms with Gasteiger partial charge in [0.1, 0.15) is 0 Å². The molecular formula is C23H38N4O3. The van der Waals surface area contributed by atoms with Gasteiger partial charge in [0.2, 0.25) is 17.7 Å². The molecule has 3 aliphatic heterocycles. The van der Waals surface area contributed by atoms with Crippen LogP contribution in [-0.2, 0) is 14.4 Å². The van der Waals surface area contributed by atoms with Gasteiger partial charge in [0.05, 0.1) is 12.5 Å². The number of carbonyl (C=O) groups is 3. The van der Waals surface area contributed by atoms with Crippen LogP contribution in [0, 0.1) is 17.8 Å². The van der Waals surface area contributed by atoms with E-state index in [0.717, 1.165) is 39.0 Å². The Labute approximate surface area is 180 Å². The van der Waals surface area contributed by atoms with E-state index in [1.165, 1.54) is 19.3 Å². The van der Waals surface area contributed by atoms with E-state index in [0.29, 0.717) is 50.5 Å². The number of carbonyl (C=O) groups excluding carboxylic acids is 3. The minimum Gasteiger partial charge on any atom is -0.341 e. The fourth-order valence-electron chi connectivity index (χ4n) is 6.01. The molecule has 168 valence electrons. The molecule has 4 rings (SSSR count). The van der Waals surface area contributed by atoms with Crippen LogP contribution in [0.15, 0.2) is 0 Å². The molecule has 4 fully saturated rings. The molecular weight excluding hydrogens is 380 g/mol. The summed E-state index contributed by atoms with van der Waals surface area (Å²) in [7, 11) is 0. The summed E-state index contributed by atoms with van der Waals surface area (Å²) in [6, 6.07) is 0.360. The zero-order chi connectivity index (χ0) is 21.3. The SMILES string of the molecule is CC1CC(C)CN(C(=O)CN2CCN(C(=O)C3CC(=O)N(C4CCCC4)C3)CC2)C1. The minimum absolute atomic E-state index is 0.133. The maximum absolute atomic E-state index is 13.0. The van der Waals surface area contributed by atoms with Gasteiger partial charge in [-0.25, -0.2) is 0 Å². The second-order valence-corrected chi connectivity index (χ2v) is 10.2. The molecule has 30 heavy (non-hydrogen) atoms. The van der Waals surface area contributed by atoms with Crippen molar-refractivity contribution in [2.24, 2.45) is 17.8 Å². The highest BCUT2D eigenvalue weighted by atomic mass is 16.2. The summed E-state index contributed by atoms with van der Waals surface area (Å²) in [5.74, 6) is 1.49. The topological polar surface area (TPSA) is 64.2 Å². The number of nitrogens with zero attached hydrogens (tertiary/aromatic N) is 4. The second kappa shape index (κ2) is 9.25. The van der Waals surface area contributed by atoms with Gasteiger partial charge in [0.25, 0.3) is 0 Å². The molecule has 3 saturated heterocycles. The Morgan fingerprint density at radius 1 is 0.900 bits per heavy atom. The Morgan fingerprint density at radius 2 is 1.53 bits per heavy atom. The Bertz CT molecular complexity index is 645. The smallest absolute Gasteiger partial charge is 0.236 e. The van der Waals surface area contributed by atoms with Crippen molar-refractivity contribution in [1.29, 1.82) is 0 Å². The standard InChI is InChI=1S/C23H38N4O3/c1-17-11-18(2)14-26(13-17)22(29)16-24-7-9-25(10-8-24)23(30)19-12-21(28)27(15-19)20-5-3-4-6-20/h17-20H,3-16H2,1-2H3. The number of piperidine rings is 1. The van der Waals surface area contributed by atoms with Crippen LogP contribution in [-0.4, -0.2) is 95.7 Å². The molecule has 1 saturated carbocycles. The fourth-order valence-corrected chi connectivity index (χ4v) is 6.01. The van der Waals surface area contributed by atoms with Crippen molar-refractivity contribution in [3.63, 3.8) is 0 Å². The van der Waals surface area contributed by atoms with Crippen LogP contribution in [0.3, 0.4) is 0 Å². The van der Waals surface area contributed by atoms with E-state index in [2.05, 4.69) is 18.7 Å². The summed E-state index contributed by atoms with van der Waals surface area (Å²) >= 11 is 0. The van der Waals surface area contributed by atoms with Crippen LogP contribution < -0.4 is 0 Å². The first kappa shape index (κ1) is 21.6. The largest absolute Gasteiger partial charge is 0.341 e. The van der Waals surface area contributed by atoms with Crippen LogP contribution in [0.2, 0.25) is 0 Å². The van der Waals surface area contributed by atoms with Crippen LogP contribution in [0.5, 0.6) is 0 Å². The lowest BCUT2D eigenvalue weighted by Gasteiger charge is -2.39. The molecule has 0 radical (unpaired) electrons. The van der Waals surface area contributed by atoms with Crippen molar-refractivity contribution < 1.29 is 14.4 Å². The van der Waals surface area contributed by atoms with Gasteiger partial charge in [-0.1, -0.05) is 26.7 Å². The number of amides is 3. The van der Waals surface area contributed by atoms with Gasteiger partial charge in [-0.15, -0.1) is 0 Å². The highest BCUT2D eigenvalue weighted by molar-refractivity contribution is 5.89. The van der Waals surface area contributed by atoms with E-state index in [4.69, 9.17) is 0 Å². The van der Waals surface area contributed by atoms with Crippen molar-refractivity contribution in [3.8, 4) is 0 Å². The molecule has 0 aromatic rings. The van der Waals surface area contributed by atoms with E-state index >= 15 is 0 Å². The van der Waals surface area contributed by atoms with E-state index in [-0.39, 0.29) is 23.6 Å². The third kappa shape index (κ3) is 4.82. The predicted molar refractivity (Wildman–Crippen MR) is 115 cm³/mol. The second-order valence-electron chi connectivity index (χ2n) is 10.2. The molecule has 0 spiro atoms. The number of piperazine rings is 1. The Balaban J connectivity index is 1.23. The zero-order valence-corrected chi connectivity index (χ0v) is 18.7. The molecule has 3 atom stereocenters. The fraction of sp³-hybridized carbons (Fsp3) is 0.870. The first-order valence-corrected chi connectivity index (χ1v) is 12.0. The van der Waals surface area contributed by atoms with E-state index in [1.54, 1.807) is 0 Å². The van der Waals surface area contributed by atoms with Gasteiger partial charge in [-0.2, -0.15) is 0 Å². The predicted octanol–water partition coefficient (Wildman–Crippen LogP) is 1.43. The molecule has 7 nitrogen and oxygen atoms in total. The lowest BCUT2D eigenvalue weighted by molar-refractivity contribution is -0.139. The van der Waals surface area contributed by atoms with Crippen molar-refractivity contribution in [2.45, 2.75) is 58.4 Å². The van der Waals surface area contributed by atoms with Gasteiger partial charge < -0.3 is 14.7 Å². The van der Waals surface area contributed by atoms with Gasteiger partial charge in [0, 0.05) is 58.3 Å². The number of hydrogen-bond donors (Lipinski definition) is 0. The van der Waals surface area contributed by atoms with Gasteiger partial charge in [0.15, 0.2) is 0 Å². The van der Waals surface area contributed by atoms with Crippen LogP contribution in [0.4, 0.5) is 0 Å². The van der Waals surface area contributed by atoms with Crippen LogP contribution in [0.1, 0.15) is 52.4 Å². The zero-order valence-electron chi connectivity index (χ0n) is 18.7. The first-order valence-electron chi connectivity index (χ1n) is 12.0. The van der Waals surface area contributed by atoms with Crippen LogP contribution in [0.25, 0.3) is 0 Å². The highest BCUT2D eigenvalue weighted by Gasteiger charge is 2.40. The monoisotopic (exact) mass is 418 g/mol. The number of hydrogen-bond acceptors (Lipinski definition) is 4. The van der Waals surface area contributed by atoms with E-state index in [1.807, 2.05) is 14.7 Å². The molecule has 1 aliphatic carbocycles. The summed E-state index contributed by atoms with van der Waals surface area (Å²) in [4.78, 5) is 46.3. The van der Waals surface area contributed by atoms with Crippen molar-refractivity contribution >= 4 is 17.7 Å². The van der Waals surface area contributed by atoms with Gasteiger partial charge in [-0.05, 0) is 31.1 Å². The average Bonchev–Trinajstić information content (AvgIpc) is 3.37. The number of likely N-dealkylation sites (tertiary alicyclic amines) is 2. The summed E-state index contributed by atoms with van der Waals surface area (Å²) in [5, 5.41) is 0. The molecule has 0 aromatic carbocycles. The normalized spacial score (nSPS) is 31.6. The summed E-state index contributed by atoms with van der Waals surface area (Å²) in [5.41, 5.74) is 0. The molecule has 3 amide bonds. The Morgan fingerprint density at radius 3 is 2.17 bits per heavy atom. The Kier molecular flexibility index (Phi) is 6.66. The highest BCUT2D eigenvalue weighted by Crippen LogP contribution is 2.30. The van der Waals surface area contributed by atoms with Crippen molar-refractivity contribution in [2.75, 3.05) is 52.4 Å². The number of rotatable bonds is 4. The third-order valence-electron chi connectivity index (χ3n) is 7.54. The Hall–Kier alpha value is -1.63. The summed E-state index contributed by atoms with van der Waals surface area (Å²) in [6.07, 6.45) is 6.15. The molecule has 0 aromatic heterocycles. The minimum atomic E-state index is -0.178. The quantitative estimate of drug-likeness (QED) is 0.693. The van der Waals surface area contributed by atoms with Crippen molar-refractivity contribution in [3.05, 3.63) is 0 Å². The maximum Gasteiger partial charge on any atom is 0.236 e. The molecule has 3 unspecified atom stereocenters. The summed E-state index contributed by atoms with van der Waals surface area (Å²) < 4.78 is 0. The maximum atomic E-state index is 13.0. The average molecular weight is 419 g/mol. The third-order valence-corrected chi connectivity index (χ3v) is 7.54. The molecule has 3 heterocycles. The van der Waals surface area contributed by atoms with Crippen molar-refractivity contribution in [1.82, 2.24) is 19.6 Å². The lowest BCUT2D eigenvalue weighted by Crippen LogP contribution is -2.54.